The van der Waals surface area contributed by atoms with Crippen LogP contribution in [0, 0.1) is 19.7 Å². The highest BCUT2D eigenvalue weighted by molar-refractivity contribution is 7.92. The van der Waals surface area contributed by atoms with Crippen molar-refractivity contribution in [3.8, 4) is 5.75 Å². The van der Waals surface area contributed by atoms with Crippen molar-refractivity contribution in [2.75, 3.05) is 24.0 Å². The number of rotatable bonds is 9. The van der Waals surface area contributed by atoms with Gasteiger partial charge in [-0.15, -0.1) is 0 Å². The average Bonchev–Trinajstić information content (AvgIpc) is 2.76. The summed E-state index contributed by atoms with van der Waals surface area (Å²) < 4.78 is 47.3. The molecule has 0 radical (unpaired) electrons. The third kappa shape index (κ3) is 5.85. The van der Waals surface area contributed by atoms with Crippen molar-refractivity contribution in [3.05, 3.63) is 89.7 Å². The van der Waals surface area contributed by atoms with Crippen LogP contribution in [0.3, 0.4) is 0 Å². The smallest absolute Gasteiger partial charge is 0.264 e. The molecule has 3 aromatic carbocycles. The van der Waals surface area contributed by atoms with Crippen LogP contribution in [0.2, 0.25) is 0 Å². The second-order valence-electron chi connectivity index (χ2n) is 7.29. The van der Waals surface area contributed by atoms with Crippen molar-refractivity contribution in [1.29, 1.82) is 0 Å². The number of carbonyl (C=O) groups is 1. The van der Waals surface area contributed by atoms with E-state index in [2.05, 4.69) is 5.32 Å². The largest absolute Gasteiger partial charge is 0.492 e. The third-order valence-corrected chi connectivity index (χ3v) is 6.47. The zero-order chi connectivity index (χ0) is 23.1. The first-order valence-electron chi connectivity index (χ1n) is 10.1. The Balaban J connectivity index is 1.72. The van der Waals surface area contributed by atoms with Crippen LogP contribution in [0.4, 0.5) is 10.1 Å². The lowest BCUT2D eigenvalue weighted by atomic mass is 10.2. The summed E-state index contributed by atoms with van der Waals surface area (Å²) in [5, 5.41) is 2.63. The molecule has 168 valence electrons. The molecule has 0 aromatic heterocycles. The second-order valence-corrected chi connectivity index (χ2v) is 9.15. The molecule has 0 spiro atoms. The minimum Gasteiger partial charge on any atom is -0.492 e. The van der Waals surface area contributed by atoms with Gasteiger partial charge in [-0.25, -0.2) is 12.8 Å². The maximum atomic E-state index is 14.5. The molecule has 32 heavy (non-hydrogen) atoms. The molecule has 0 saturated heterocycles. The molecule has 0 unspecified atom stereocenters. The predicted octanol–water partition coefficient (Wildman–Crippen LogP) is 3.83. The second kappa shape index (κ2) is 10.3. The van der Waals surface area contributed by atoms with Crippen molar-refractivity contribution in [3.63, 3.8) is 0 Å². The highest BCUT2D eigenvalue weighted by Crippen LogP contribution is 2.26. The number of nitrogens with one attached hydrogen (secondary N) is 1. The van der Waals surface area contributed by atoms with Gasteiger partial charge in [0, 0.05) is 0 Å². The van der Waals surface area contributed by atoms with Crippen molar-refractivity contribution in [2.45, 2.75) is 18.7 Å². The fourth-order valence-electron chi connectivity index (χ4n) is 3.04. The summed E-state index contributed by atoms with van der Waals surface area (Å²) in [5.74, 6) is -0.635. The number of carbonyl (C=O) groups excluding carboxylic acids is 1. The molecule has 0 bridgehead atoms. The Bertz CT molecular complexity index is 1180. The maximum absolute atomic E-state index is 14.5. The highest BCUT2D eigenvalue weighted by atomic mass is 32.2. The number of halogens is 1. The Morgan fingerprint density at radius 1 is 0.969 bits per heavy atom. The van der Waals surface area contributed by atoms with Gasteiger partial charge in [0.2, 0.25) is 5.91 Å². The Morgan fingerprint density at radius 2 is 1.69 bits per heavy atom. The summed E-state index contributed by atoms with van der Waals surface area (Å²) in [7, 11) is -4.17. The van der Waals surface area contributed by atoms with Crippen molar-refractivity contribution in [2.24, 2.45) is 0 Å². The van der Waals surface area contributed by atoms with E-state index >= 15 is 0 Å². The lowest BCUT2D eigenvalue weighted by Crippen LogP contribution is -2.42. The number of hydrogen-bond acceptors (Lipinski definition) is 4. The zero-order valence-corrected chi connectivity index (χ0v) is 18.7. The van der Waals surface area contributed by atoms with Crippen LogP contribution in [-0.4, -0.2) is 34.0 Å². The van der Waals surface area contributed by atoms with Crippen LogP contribution in [-0.2, 0) is 14.8 Å². The summed E-state index contributed by atoms with van der Waals surface area (Å²) in [4.78, 5) is 12.5. The summed E-state index contributed by atoms with van der Waals surface area (Å²) in [6.45, 7) is 3.58. The number of nitrogens with zero attached hydrogens (tertiary/aromatic N) is 1. The normalized spacial score (nSPS) is 11.1. The van der Waals surface area contributed by atoms with Crippen LogP contribution >= 0.6 is 0 Å². The molecular weight excluding hydrogens is 431 g/mol. The van der Waals surface area contributed by atoms with E-state index in [-0.39, 0.29) is 23.7 Å². The molecule has 0 saturated carbocycles. The molecule has 0 aliphatic heterocycles. The van der Waals surface area contributed by atoms with Gasteiger partial charge in [-0.3, -0.25) is 9.10 Å². The number of aryl methyl sites for hydroxylation is 2. The van der Waals surface area contributed by atoms with Crippen LogP contribution in [0.1, 0.15) is 11.1 Å². The first-order chi connectivity index (χ1) is 15.3. The lowest BCUT2D eigenvalue weighted by Gasteiger charge is -2.24. The molecule has 3 rings (SSSR count). The monoisotopic (exact) mass is 456 g/mol. The summed E-state index contributed by atoms with van der Waals surface area (Å²) >= 11 is 0. The Kier molecular flexibility index (Phi) is 7.48. The number of anilines is 1. The Labute approximate surface area is 187 Å². The van der Waals surface area contributed by atoms with E-state index in [0.717, 1.165) is 21.5 Å². The standard InChI is InChI=1S/C24H25FN2O4S/c1-18-10-12-21(13-11-18)32(29,30)27(23-9-4-3-8-22(23)25)17-24(28)26-14-15-31-20-7-5-6-19(2)16-20/h3-13,16H,14-15,17H2,1-2H3,(H,26,28). The van der Waals surface area contributed by atoms with Crippen LogP contribution in [0.5, 0.6) is 5.75 Å². The summed E-state index contributed by atoms with van der Waals surface area (Å²) in [6.07, 6.45) is 0. The SMILES string of the molecule is Cc1ccc(S(=O)(=O)N(CC(=O)NCCOc2cccc(C)c2)c2ccccc2F)cc1. The quantitative estimate of drug-likeness (QED) is 0.497. The van der Waals surface area contributed by atoms with Crippen LogP contribution in [0.25, 0.3) is 0 Å². The average molecular weight is 457 g/mol. The van der Waals surface area contributed by atoms with Gasteiger partial charge in [0.25, 0.3) is 10.0 Å². The fraction of sp³-hybridized carbons (Fsp3) is 0.208. The van der Waals surface area contributed by atoms with E-state index < -0.39 is 28.3 Å². The molecule has 1 amide bonds. The predicted molar refractivity (Wildman–Crippen MR) is 122 cm³/mol. The minimum absolute atomic E-state index is 0.0260. The zero-order valence-electron chi connectivity index (χ0n) is 17.9. The Hall–Kier alpha value is -3.39. The molecule has 0 heterocycles. The molecule has 8 heteroatoms. The van der Waals surface area contributed by atoms with E-state index in [1.54, 1.807) is 12.1 Å². The first-order valence-corrected chi connectivity index (χ1v) is 11.5. The number of benzene rings is 3. The van der Waals surface area contributed by atoms with Gasteiger partial charge in [-0.05, 0) is 55.8 Å². The van der Waals surface area contributed by atoms with Gasteiger partial charge in [-0.2, -0.15) is 0 Å². The summed E-state index contributed by atoms with van der Waals surface area (Å²) in [5.41, 5.74) is 1.74. The number of hydrogen-bond donors (Lipinski definition) is 1. The van der Waals surface area contributed by atoms with Gasteiger partial charge in [0.15, 0.2) is 0 Å². The number of amides is 1. The molecule has 1 N–H and O–H groups in total. The topological polar surface area (TPSA) is 75.7 Å². The van der Waals surface area contributed by atoms with E-state index in [1.165, 1.54) is 30.3 Å². The first kappa shape index (κ1) is 23.3. The van der Waals surface area contributed by atoms with Gasteiger partial charge < -0.3 is 10.1 Å². The van der Waals surface area contributed by atoms with Gasteiger partial charge in [0.05, 0.1) is 17.1 Å². The number of sulfonamides is 1. The van der Waals surface area contributed by atoms with Crippen molar-refractivity contribution >= 4 is 21.6 Å². The number of para-hydroxylation sites is 1. The van der Waals surface area contributed by atoms with E-state index in [1.807, 2.05) is 38.1 Å². The Morgan fingerprint density at radius 3 is 2.38 bits per heavy atom. The highest BCUT2D eigenvalue weighted by Gasteiger charge is 2.29. The molecule has 0 aliphatic carbocycles. The van der Waals surface area contributed by atoms with Gasteiger partial charge >= 0.3 is 0 Å². The molecular formula is C24H25FN2O4S. The van der Waals surface area contributed by atoms with Crippen molar-refractivity contribution < 1.29 is 22.3 Å². The van der Waals surface area contributed by atoms with Crippen LogP contribution < -0.4 is 14.4 Å². The van der Waals surface area contributed by atoms with E-state index in [4.69, 9.17) is 4.74 Å². The molecule has 0 aliphatic rings. The maximum Gasteiger partial charge on any atom is 0.264 e. The van der Waals surface area contributed by atoms with Crippen LogP contribution in [0.15, 0.2) is 77.7 Å². The minimum atomic E-state index is -4.17. The molecule has 3 aromatic rings. The lowest BCUT2D eigenvalue weighted by molar-refractivity contribution is -0.119. The van der Waals surface area contributed by atoms with E-state index in [0.29, 0.717) is 5.75 Å². The summed E-state index contributed by atoms with van der Waals surface area (Å²) in [6, 6.07) is 19.1. The molecule has 0 fully saturated rings. The number of ether oxygens (including phenoxy) is 1. The van der Waals surface area contributed by atoms with Crippen molar-refractivity contribution in [1.82, 2.24) is 5.32 Å². The molecule has 6 nitrogen and oxygen atoms in total. The molecule has 0 atom stereocenters. The van der Waals surface area contributed by atoms with Gasteiger partial charge in [-0.1, -0.05) is 42.0 Å². The van der Waals surface area contributed by atoms with E-state index in [9.17, 15) is 17.6 Å². The van der Waals surface area contributed by atoms with Gasteiger partial charge in [0.1, 0.15) is 24.7 Å². The fourth-order valence-corrected chi connectivity index (χ4v) is 4.47. The third-order valence-electron chi connectivity index (χ3n) is 4.70.